The van der Waals surface area contributed by atoms with Gasteiger partial charge >= 0.3 is 0 Å². The molecule has 5 heteroatoms. The van der Waals surface area contributed by atoms with Crippen LogP contribution in [0.1, 0.15) is 13.3 Å². The van der Waals surface area contributed by atoms with Crippen LogP contribution in [0, 0.1) is 11.6 Å². The van der Waals surface area contributed by atoms with E-state index in [1.54, 1.807) is 5.38 Å². The first-order chi connectivity index (χ1) is 8.22. The lowest BCUT2D eigenvalue weighted by molar-refractivity contribution is 0.511. The molecule has 2 nitrogen and oxygen atoms in total. The van der Waals surface area contributed by atoms with Crippen molar-refractivity contribution in [2.75, 3.05) is 11.9 Å². The number of halogens is 2. The molecule has 0 amide bonds. The molecule has 1 aromatic heterocycles. The molecule has 0 unspecified atom stereocenters. The summed E-state index contributed by atoms with van der Waals surface area (Å²) in [5.74, 6) is -1.70. The summed E-state index contributed by atoms with van der Waals surface area (Å²) < 4.78 is 26.6. The van der Waals surface area contributed by atoms with Crippen LogP contribution in [0.15, 0.2) is 23.6 Å². The van der Waals surface area contributed by atoms with Crippen molar-refractivity contribution in [3.8, 4) is 11.3 Å². The van der Waals surface area contributed by atoms with Crippen molar-refractivity contribution < 1.29 is 8.78 Å². The van der Waals surface area contributed by atoms with Crippen molar-refractivity contribution >= 4 is 16.5 Å². The highest BCUT2D eigenvalue weighted by Crippen LogP contribution is 2.27. The standard InChI is InChI=1S/C12H12F2N2S/c1-2-6-15-12-16-10(7-17-12)8-4-3-5-9(13)11(8)14/h3-5,7H,2,6H2,1H3,(H,15,16). The van der Waals surface area contributed by atoms with Crippen LogP contribution in [0.4, 0.5) is 13.9 Å². The van der Waals surface area contributed by atoms with E-state index in [2.05, 4.69) is 10.3 Å². The Labute approximate surface area is 102 Å². The molecule has 1 heterocycles. The van der Waals surface area contributed by atoms with Gasteiger partial charge in [0.25, 0.3) is 0 Å². The highest BCUT2D eigenvalue weighted by Gasteiger charge is 2.12. The Morgan fingerprint density at radius 2 is 2.18 bits per heavy atom. The second-order valence-electron chi connectivity index (χ2n) is 3.57. The van der Waals surface area contributed by atoms with Crippen molar-refractivity contribution in [1.82, 2.24) is 4.98 Å². The summed E-state index contributed by atoms with van der Waals surface area (Å²) in [5, 5.41) is 5.56. The first-order valence-corrected chi connectivity index (χ1v) is 6.24. The van der Waals surface area contributed by atoms with Crippen LogP contribution in [-0.2, 0) is 0 Å². The number of thiazole rings is 1. The van der Waals surface area contributed by atoms with E-state index in [9.17, 15) is 8.78 Å². The Balaban J connectivity index is 2.27. The van der Waals surface area contributed by atoms with Crippen LogP contribution in [0.5, 0.6) is 0 Å². The average Bonchev–Trinajstić information content (AvgIpc) is 2.78. The van der Waals surface area contributed by atoms with Gasteiger partial charge in [0.05, 0.1) is 5.69 Å². The van der Waals surface area contributed by atoms with E-state index in [1.165, 1.54) is 23.5 Å². The third-order valence-corrected chi connectivity index (χ3v) is 3.06. The zero-order valence-electron chi connectivity index (χ0n) is 9.34. The lowest BCUT2D eigenvalue weighted by atomic mass is 10.1. The van der Waals surface area contributed by atoms with Gasteiger partial charge in [0.1, 0.15) is 0 Å². The topological polar surface area (TPSA) is 24.9 Å². The van der Waals surface area contributed by atoms with Gasteiger partial charge in [0.2, 0.25) is 0 Å². The Hall–Kier alpha value is -1.49. The average molecular weight is 254 g/mol. The quantitative estimate of drug-likeness (QED) is 0.894. The second kappa shape index (κ2) is 5.23. The van der Waals surface area contributed by atoms with Crippen molar-refractivity contribution in [2.24, 2.45) is 0 Å². The van der Waals surface area contributed by atoms with Crippen LogP contribution < -0.4 is 5.32 Å². The number of nitrogens with one attached hydrogen (secondary N) is 1. The van der Waals surface area contributed by atoms with Crippen molar-refractivity contribution in [3.05, 3.63) is 35.2 Å². The summed E-state index contributed by atoms with van der Waals surface area (Å²) in [5.41, 5.74) is 0.663. The Kier molecular flexibility index (Phi) is 3.68. The highest BCUT2D eigenvalue weighted by molar-refractivity contribution is 7.14. The molecule has 0 bridgehead atoms. The zero-order chi connectivity index (χ0) is 12.3. The van der Waals surface area contributed by atoms with E-state index < -0.39 is 11.6 Å². The number of aromatic nitrogens is 1. The second-order valence-corrected chi connectivity index (χ2v) is 4.42. The molecular formula is C12H12F2N2S. The van der Waals surface area contributed by atoms with Gasteiger partial charge in [-0.3, -0.25) is 0 Å². The maximum atomic E-state index is 13.5. The smallest absolute Gasteiger partial charge is 0.183 e. The Morgan fingerprint density at radius 3 is 2.94 bits per heavy atom. The molecule has 0 saturated carbocycles. The molecule has 0 saturated heterocycles. The summed E-state index contributed by atoms with van der Waals surface area (Å²) in [6.45, 7) is 2.87. The van der Waals surface area contributed by atoms with E-state index >= 15 is 0 Å². The van der Waals surface area contributed by atoms with Gasteiger partial charge in [-0.05, 0) is 18.6 Å². The van der Waals surface area contributed by atoms with Crippen LogP contribution in [0.2, 0.25) is 0 Å². The van der Waals surface area contributed by atoms with E-state index in [0.29, 0.717) is 5.69 Å². The fraction of sp³-hybridized carbons (Fsp3) is 0.250. The predicted octanol–water partition coefficient (Wildman–Crippen LogP) is 3.91. The number of anilines is 1. The maximum absolute atomic E-state index is 13.5. The summed E-state index contributed by atoms with van der Waals surface area (Å²) in [6.07, 6.45) is 0.989. The van der Waals surface area contributed by atoms with E-state index in [1.807, 2.05) is 6.92 Å². The SMILES string of the molecule is CCCNc1nc(-c2cccc(F)c2F)cs1. The minimum absolute atomic E-state index is 0.200. The number of hydrogen-bond donors (Lipinski definition) is 1. The molecule has 90 valence electrons. The van der Waals surface area contributed by atoms with Gasteiger partial charge in [-0.25, -0.2) is 13.8 Å². The number of nitrogens with zero attached hydrogens (tertiary/aromatic N) is 1. The molecular weight excluding hydrogens is 242 g/mol. The van der Waals surface area contributed by atoms with Crippen LogP contribution >= 0.6 is 11.3 Å². The molecule has 0 atom stereocenters. The molecule has 2 rings (SSSR count). The van der Waals surface area contributed by atoms with Gasteiger partial charge < -0.3 is 5.32 Å². The van der Waals surface area contributed by atoms with E-state index in [0.717, 1.165) is 24.2 Å². The van der Waals surface area contributed by atoms with Crippen molar-refractivity contribution in [3.63, 3.8) is 0 Å². The normalized spacial score (nSPS) is 10.5. The van der Waals surface area contributed by atoms with E-state index in [-0.39, 0.29) is 5.56 Å². The minimum Gasteiger partial charge on any atom is -0.362 e. The molecule has 0 radical (unpaired) electrons. The predicted molar refractivity (Wildman–Crippen MR) is 66.2 cm³/mol. The highest BCUT2D eigenvalue weighted by atomic mass is 32.1. The fourth-order valence-corrected chi connectivity index (χ4v) is 2.15. The largest absolute Gasteiger partial charge is 0.362 e. The summed E-state index contributed by atoms with van der Waals surface area (Å²) in [7, 11) is 0. The van der Waals surface area contributed by atoms with Crippen molar-refractivity contribution in [1.29, 1.82) is 0 Å². The molecule has 0 aliphatic heterocycles. The lowest BCUT2D eigenvalue weighted by Gasteiger charge is -2.00. The molecule has 2 aromatic rings. The van der Waals surface area contributed by atoms with Crippen LogP contribution in [0.25, 0.3) is 11.3 Å². The number of rotatable bonds is 4. The van der Waals surface area contributed by atoms with Crippen LogP contribution in [-0.4, -0.2) is 11.5 Å². The molecule has 1 N–H and O–H groups in total. The Morgan fingerprint density at radius 1 is 1.35 bits per heavy atom. The molecule has 17 heavy (non-hydrogen) atoms. The van der Waals surface area contributed by atoms with E-state index in [4.69, 9.17) is 0 Å². The minimum atomic E-state index is -0.849. The summed E-state index contributed by atoms with van der Waals surface area (Å²) in [6, 6.07) is 4.10. The third kappa shape index (κ3) is 2.61. The first-order valence-electron chi connectivity index (χ1n) is 5.36. The number of hydrogen-bond acceptors (Lipinski definition) is 3. The van der Waals surface area contributed by atoms with Crippen molar-refractivity contribution in [2.45, 2.75) is 13.3 Å². The molecule has 0 fully saturated rings. The van der Waals surface area contributed by atoms with Gasteiger partial charge in [0, 0.05) is 17.5 Å². The monoisotopic (exact) mass is 254 g/mol. The Bertz CT molecular complexity index is 511. The maximum Gasteiger partial charge on any atom is 0.183 e. The van der Waals surface area contributed by atoms with Crippen LogP contribution in [0.3, 0.4) is 0 Å². The molecule has 0 aliphatic carbocycles. The fourth-order valence-electron chi connectivity index (χ4n) is 1.41. The molecule has 0 aliphatic rings. The lowest BCUT2D eigenvalue weighted by Crippen LogP contribution is -1.98. The third-order valence-electron chi connectivity index (χ3n) is 2.26. The van der Waals surface area contributed by atoms with Gasteiger partial charge in [-0.2, -0.15) is 0 Å². The van der Waals surface area contributed by atoms with Gasteiger partial charge in [-0.1, -0.05) is 13.0 Å². The molecule has 1 aromatic carbocycles. The molecule has 0 spiro atoms. The summed E-state index contributed by atoms with van der Waals surface area (Å²) in [4.78, 5) is 4.22. The number of benzene rings is 1. The van der Waals surface area contributed by atoms with Gasteiger partial charge in [0.15, 0.2) is 16.8 Å². The van der Waals surface area contributed by atoms with Gasteiger partial charge in [-0.15, -0.1) is 11.3 Å². The summed E-state index contributed by atoms with van der Waals surface area (Å²) >= 11 is 1.39. The first kappa shape index (κ1) is 12.0. The zero-order valence-corrected chi connectivity index (χ0v) is 10.2.